The Kier molecular flexibility index (Phi) is 44.9. The van der Waals surface area contributed by atoms with Crippen molar-refractivity contribution in [3.05, 3.63) is 23.0 Å². The lowest BCUT2D eigenvalue weighted by Gasteiger charge is -2.30. The number of ether oxygens (including phenoxy) is 7. The van der Waals surface area contributed by atoms with Gasteiger partial charge in [-0.2, -0.15) is 0 Å². The number of hydrogen-bond donors (Lipinski definition) is 0. The first-order valence-electron chi connectivity index (χ1n) is 25.9. The molecule has 0 aliphatic carbocycles. The van der Waals surface area contributed by atoms with E-state index < -0.39 is 12.6 Å². The highest BCUT2D eigenvalue weighted by molar-refractivity contribution is 5.09. The lowest BCUT2D eigenvalue weighted by atomic mass is 10.1. The summed E-state index contributed by atoms with van der Waals surface area (Å²) in [6.07, 6.45) is 37.1. The maximum absolute atomic E-state index is 7.05. The molecule has 7 heteroatoms. The Labute approximate surface area is 368 Å². The van der Waals surface area contributed by atoms with Crippen molar-refractivity contribution in [1.82, 2.24) is 0 Å². The second-order valence-corrected chi connectivity index (χ2v) is 16.5. The van der Waals surface area contributed by atoms with Crippen LogP contribution in [0.2, 0.25) is 0 Å². The SMILES string of the molecule is CCCCCCCCCCC(OCC)=C(OCC)C(OCCCCCCCCC)OC(OCCCCCCCCC)C(OCC)=C(CCCCCCCCCC)OCC. The lowest BCUT2D eigenvalue weighted by molar-refractivity contribution is -0.242. The monoisotopic (exact) mass is 839 g/mol. The van der Waals surface area contributed by atoms with Crippen LogP contribution in [-0.4, -0.2) is 52.2 Å². The quantitative estimate of drug-likeness (QED) is 0.0343. The summed E-state index contributed by atoms with van der Waals surface area (Å²) < 4.78 is 46.3. The molecule has 0 aromatic heterocycles. The fourth-order valence-corrected chi connectivity index (χ4v) is 7.56. The zero-order valence-electron chi connectivity index (χ0n) is 40.9. The van der Waals surface area contributed by atoms with E-state index in [1.807, 2.05) is 13.8 Å². The molecule has 0 fully saturated rings. The highest BCUT2D eigenvalue weighted by Gasteiger charge is 2.32. The second-order valence-electron chi connectivity index (χ2n) is 16.5. The molecule has 0 bridgehead atoms. The van der Waals surface area contributed by atoms with Gasteiger partial charge in [0.25, 0.3) is 0 Å². The summed E-state index contributed by atoms with van der Waals surface area (Å²) in [7, 11) is 0. The summed E-state index contributed by atoms with van der Waals surface area (Å²) >= 11 is 0. The zero-order chi connectivity index (χ0) is 43.3. The van der Waals surface area contributed by atoms with Crippen molar-refractivity contribution in [3.63, 3.8) is 0 Å². The summed E-state index contributed by atoms with van der Waals surface area (Å²) in [5.41, 5.74) is 0. The molecule has 0 aromatic carbocycles. The van der Waals surface area contributed by atoms with Crippen molar-refractivity contribution in [2.24, 2.45) is 0 Å². The Morgan fingerprint density at radius 3 is 0.814 bits per heavy atom. The van der Waals surface area contributed by atoms with E-state index in [1.54, 1.807) is 0 Å². The largest absolute Gasteiger partial charge is 0.495 e. The Bertz CT molecular complexity index is 847. The van der Waals surface area contributed by atoms with Gasteiger partial charge in [-0.05, 0) is 53.4 Å². The number of rotatable bonds is 48. The molecule has 0 N–H and O–H groups in total. The van der Waals surface area contributed by atoms with Gasteiger partial charge in [0, 0.05) is 12.8 Å². The predicted octanol–water partition coefficient (Wildman–Crippen LogP) is 16.8. The van der Waals surface area contributed by atoms with Gasteiger partial charge >= 0.3 is 0 Å². The third kappa shape index (κ3) is 33.8. The minimum Gasteiger partial charge on any atom is -0.495 e. The average molecular weight is 839 g/mol. The van der Waals surface area contributed by atoms with E-state index in [0.717, 1.165) is 62.9 Å². The Morgan fingerprint density at radius 2 is 0.542 bits per heavy atom. The van der Waals surface area contributed by atoms with Gasteiger partial charge < -0.3 is 33.2 Å². The molecule has 2 unspecified atom stereocenters. The first-order chi connectivity index (χ1) is 29.1. The summed E-state index contributed by atoms with van der Waals surface area (Å²) in [6, 6.07) is 0. The first-order valence-corrected chi connectivity index (χ1v) is 25.9. The topological polar surface area (TPSA) is 64.6 Å². The van der Waals surface area contributed by atoms with Crippen LogP contribution in [0.4, 0.5) is 0 Å². The van der Waals surface area contributed by atoms with E-state index in [1.165, 1.54) is 154 Å². The first kappa shape index (κ1) is 57.6. The van der Waals surface area contributed by atoms with Crippen LogP contribution in [0.1, 0.15) is 261 Å². The zero-order valence-corrected chi connectivity index (χ0v) is 40.9. The fraction of sp³-hybridized carbons (Fsp3) is 0.923. The highest BCUT2D eigenvalue weighted by atomic mass is 16.8. The van der Waals surface area contributed by atoms with Crippen LogP contribution < -0.4 is 0 Å². The number of allylic oxidation sites excluding steroid dienone is 2. The van der Waals surface area contributed by atoms with E-state index in [4.69, 9.17) is 33.2 Å². The predicted molar refractivity (Wildman–Crippen MR) is 252 cm³/mol. The van der Waals surface area contributed by atoms with Gasteiger partial charge in [-0.1, -0.05) is 195 Å². The molecule has 0 saturated heterocycles. The summed E-state index contributed by atoms with van der Waals surface area (Å²) in [6.45, 7) is 20.5. The minimum absolute atomic E-state index is 0.490. The van der Waals surface area contributed by atoms with Crippen LogP contribution >= 0.6 is 0 Å². The second kappa shape index (κ2) is 46.1. The number of unbranched alkanes of at least 4 members (excludes halogenated alkanes) is 26. The average Bonchev–Trinajstić information content (AvgIpc) is 3.24. The van der Waals surface area contributed by atoms with Crippen molar-refractivity contribution in [2.45, 2.75) is 273 Å². The standard InChI is InChI=1S/C52H102O7/c1-9-17-21-25-29-31-35-39-43-47(53-13-5)49(55-15-7)51(57-45-41-37-33-27-23-19-11-3)59-52(58-46-42-38-34-28-24-20-12-4)50(56-16-8)48(54-14-6)44-40-36-32-30-26-22-18-10-2/h51-52H,9-46H2,1-8H3. The molecule has 7 nitrogen and oxygen atoms in total. The molecule has 0 aliphatic heterocycles. The van der Waals surface area contributed by atoms with Gasteiger partial charge in [-0.3, -0.25) is 0 Å². The molecule has 0 spiro atoms. The van der Waals surface area contributed by atoms with Crippen molar-refractivity contribution in [1.29, 1.82) is 0 Å². The summed E-state index contributed by atoms with van der Waals surface area (Å²) in [5.74, 6) is 2.95. The minimum atomic E-state index is -0.800. The summed E-state index contributed by atoms with van der Waals surface area (Å²) in [5, 5.41) is 0. The van der Waals surface area contributed by atoms with Crippen LogP contribution in [0.3, 0.4) is 0 Å². The van der Waals surface area contributed by atoms with Crippen LogP contribution in [0, 0.1) is 0 Å². The molecule has 0 aliphatic rings. The normalized spacial score (nSPS) is 13.6. The van der Waals surface area contributed by atoms with Crippen molar-refractivity contribution in [2.75, 3.05) is 39.6 Å². The van der Waals surface area contributed by atoms with Crippen LogP contribution in [-0.2, 0) is 33.2 Å². The maximum Gasteiger partial charge on any atom is 0.223 e. The van der Waals surface area contributed by atoms with Gasteiger partial charge in [-0.15, -0.1) is 0 Å². The molecule has 0 amide bonds. The fourth-order valence-electron chi connectivity index (χ4n) is 7.56. The van der Waals surface area contributed by atoms with E-state index in [-0.39, 0.29) is 0 Å². The Morgan fingerprint density at radius 1 is 0.288 bits per heavy atom. The lowest BCUT2D eigenvalue weighted by Crippen LogP contribution is -2.34. The van der Waals surface area contributed by atoms with Gasteiger partial charge in [0.2, 0.25) is 12.6 Å². The van der Waals surface area contributed by atoms with E-state index in [2.05, 4.69) is 41.5 Å². The third-order valence-electron chi connectivity index (χ3n) is 11.0. The summed E-state index contributed by atoms with van der Waals surface area (Å²) in [4.78, 5) is 0. The maximum atomic E-state index is 7.05. The molecule has 0 heterocycles. The Hall–Kier alpha value is -1.44. The molecule has 0 saturated carbocycles. The molecule has 352 valence electrons. The van der Waals surface area contributed by atoms with Gasteiger partial charge in [0.05, 0.1) is 39.6 Å². The highest BCUT2D eigenvalue weighted by Crippen LogP contribution is 2.29. The van der Waals surface area contributed by atoms with E-state index >= 15 is 0 Å². The van der Waals surface area contributed by atoms with Crippen molar-refractivity contribution < 1.29 is 33.2 Å². The molecular weight excluding hydrogens is 737 g/mol. The van der Waals surface area contributed by atoms with Gasteiger partial charge in [0.1, 0.15) is 11.5 Å². The van der Waals surface area contributed by atoms with Crippen molar-refractivity contribution >= 4 is 0 Å². The van der Waals surface area contributed by atoms with E-state index in [9.17, 15) is 0 Å². The molecule has 2 atom stereocenters. The molecule has 59 heavy (non-hydrogen) atoms. The molecule has 0 radical (unpaired) electrons. The van der Waals surface area contributed by atoms with E-state index in [0.29, 0.717) is 51.2 Å². The van der Waals surface area contributed by atoms with Crippen LogP contribution in [0.25, 0.3) is 0 Å². The van der Waals surface area contributed by atoms with Crippen LogP contribution in [0.15, 0.2) is 23.0 Å². The smallest absolute Gasteiger partial charge is 0.223 e. The van der Waals surface area contributed by atoms with Gasteiger partial charge in [0.15, 0.2) is 11.5 Å². The van der Waals surface area contributed by atoms with Gasteiger partial charge in [-0.25, -0.2) is 0 Å². The van der Waals surface area contributed by atoms with Crippen molar-refractivity contribution in [3.8, 4) is 0 Å². The molecule has 0 aromatic rings. The molecule has 0 rings (SSSR count). The molecular formula is C52H102O7. The third-order valence-corrected chi connectivity index (χ3v) is 11.0. The van der Waals surface area contributed by atoms with Crippen LogP contribution in [0.5, 0.6) is 0 Å². The Balaban J connectivity index is 6.59. The number of hydrogen-bond acceptors (Lipinski definition) is 7.